The van der Waals surface area contributed by atoms with Crippen molar-refractivity contribution in [1.29, 1.82) is 0 Å². The number of nitrogens with one attached hydrogen (secondary N) is 1. The van der Waals surface area contributed by atoms with Crippen LogP contribution in [0.4, 0.5) is 0 Å². The fourth-order valence-electron chi connectivity index (χ4n) is 2.54. The summed E-state index contributed by atoms with van der Waals surface area (Å²) in [5.74, 6) is -1.18. The van der Waals surface area contributed by atoms with E-state index in [4.69, 9.17) is 14.2 Å². The quantitative estimate of drug-likeness (QED) is 0.669. The monoisotopic (exact) mass is 386 g/mol. The Balaban J connectivity index is 2.41. The summed E-state index contributed by atoms with van der Waals surface area (Å²) in [6.45, 7) is 3.50. The van der Waals surface area contributed by atoms with Gasteiger partial charge >= 0.3 is 17.6 Å². The number of esters is 2. The first kappa shape index (κ1) is 19.9. The van der Waals surface area contributed by atoms with Gasteiger partial charge in [0.2, 0.25) is 0 Å². The highest BCUT2D eigenvalue weighted by Gasteiger charge is 2.49. The van der Waals surface area contributed by atoms with E-state index in [0.29, 0.717) is 0 Å². The summed E-state index contributed by atoms with van der Waals surface area (Å²) in [6.07, 6.45) is -1.62. The molecule has 0 spiro atoms. The van der Waals surface area contributed by atoms with Gasteiger partial charge in [-0.15, -0.1) is 0 Å². The Kier molecular flexibility index (Phi) is 6.37. The van der Waals surface area contributed by atoms with Gasteiger partial charge in [-0.2, -0.15) is 0 Å². The zero-order valence-electron chi connectivity index (χ0n) is 14.3. The van der Waals surface area contributed by atoms with Crippen molar-refractivity contribution in [1.82, 2.24) is 9.55 Å². The molecule has 0 unspecified atom stereocenters. The number of hydrogen-bond donors (Lipinski definition) is 1. The molecule has 0 aromatic carbocycles. The highest BCUT2D eigenvalue weighted by molar-refractivity contribution is 8.14. The van der Waals surface area contributed by atoms with Gasteiger partial charge in [0.25, 0.3) is 5.56 Å². The van der Waals surface area contributed by atoms with E-state index in [0.717, 1.165) is 22.4 Å². The first-order valence-corrected chi connectivity index (χ1v) is 8.51. The summed E-state index contributed by atoms with van der Waals surface area (Å²) >= 11 is 0.833. The van der Waals surface area contributed by atoms with Gasteiger partial charge in [-0.05, 0) is 0 Å². The van der Waals surface area contributed by atoms with Crippen molar-refractivity contribution in [3.63, 3.8) is 0 Å². The molecule has 1 N–H and O–H groups in total. The molecule has 1 fully saturated rings. The number of carbonyl (C=O) groups excluding carboxylic acids is 3. The van der Waals surface area contributed by atoms with Crippen LogP contribution >= 0.6 is 11.8 Å². The second kappa shape index (κ2) is 8.32. The van der Waals surface area contributed by atoms with Gasteiger partial charge in [0.05, 0.1) is 5.25 Å². The lowest BCUT2D eigenvalue weighted by atomic mass is 10.1. The zero-order valence-corrected chi connectivity index (χ0v) is 15.1. The van der Waals surface area contributed by atoms with Crippen molar-refractivity contribution in [2.24, 2.45) is 0 Å². The largest absolute Gasteiger partial charge is 0.463 e. The van der Waals surface area contributed by atoms with E-state index in [-0.39, 0.29) is 11.7 Å². The van der Waals surface area contributed by atoms with E-state index in [1.807, 2.05) is 0 Å². The average Bonchev–Trinajstić information content (AvgIpc) is 2.82. The van der Waals surface area contributed by atoms with E-state index in [1.54, 1.807) is 0 Å². The molecule has 0 radical (unpaired) electrons. The van der Waals surface area contributed by atoms with Crippen LogP contribution < -0.4 is 11.2 Å². The first-order chi connectivity index (χ1) is 12.2. The van der Waals surface area contributed by atoms with Crippen LogP contribution in [0.1, 0.15) is 27.0 Å². The number of rotatable bonds is 5. The molecule has 0 amide bonds. The van der Waals surface area contributed by atoms with E-state index in [9.17, 15) is 24.0 Å². The molecule has 1 saturated heterocycles. The molecular formula is C15H18N2O8S. The summed E-state index contributed by atoms with van der Waals surface area (Å²) in [6, 6.07) is 1.13. The fraction of sp³-hybridized carbons (Fsp3) is 0.533. The lowest BCUT2D eigenvalue weighted by Crippen LogP contribution is -2.39. The predicted molar refractivity (Wildman–Crippen MR) is 89.5 cm³/mol. The van der Waals surface area contributed by atoms with Crippen molar-refractivity contribution in [2.45, 2.75) is 44.5 Å². The molecule has 0 bridgehead atoms. The Morgan fingerprint density at radius 1 is 1.23 bits per heavy atom. The Morgan fingerprint density at radius 3 is 2.46 bits per heavy atom. The molecule has 2 rings (SSSR count). The van der Waals surface area contributed by atoms with Crippen molar-refractivity contribution >= 4 is 28.8 Å². The van der Waals surface area contributed by atoms with Crippen LogP contribution in [0.25, 0.3) is 0 Å². The van der Waals surface area contributed by atoms with E-state index < -0.39 is 46.9 Å². The predicted octanol–water partition coefficient (Wildman–Crippen LogP) is -0.423. The molecule has 1 aromatic heterocycles. The maximum absolute atomic E-state index is 12.1. The van der Waals surface area contributed by atoms with E-state index >= 15 is 0 Å². The number of thioether (sulfide) groups is 1. The van der Waals surface area contributed by atoms with Crippen molar-refractivity contribution in [2.75, 3.05) is 6.61 Å². The third-order valence-corrected chi connectivity index (χ3v) is 4.57. The number of aromatic amines is 1. The summed E-state index contributed by atoms with van der Waals surface area (Å²) in [5.41, 5.74) is -1.33. The van der Waals surface area contributed by atoms with Crippen LogP contribution in [0.5, 0.6) is 0 Å². The lowest BCUT2D eigenvalue weighted by molar-refractivity contribution is -0.155. The molecule has 0 saturated carbocycles. The van der Waals surface area contributed by atoms with Crippen LogP contribution in [0.2, 0.25) is 0 Å². The summed E-state index contributed by atoms with van der Waals surface area (Å²) in [7, 11) is 0. The Labute approximate surface area is 151 Å². The van der Waals surface area contributed by atoms with Gasteiger partial charge in [0, 0.05) is 33.0 Å². The second-order valence-corrected chi connectivity index (χ2v) is 6.89. The van der Waals surface area contributed by atoms with Crippen LogP contribution in [0, 0.1) is 0 Å². The van der Waals surface area contributed by atoms with Crippen LogP contribution in [0.3, 0.4) is 0 Å². The Hall–Kier alpha value is -2.40. The van der Waals surface area contributed by atoms with Crippen LogP contribution in [-0.4, -0.2) is 50.7 Å². The highest BCUT2D eigenvalue weighted by Crippen LogP contribution is 2.39. The van der Waals surface area contributed by atoms with Crippen molar-refractivity contribution < 1.29 is 28.6 Å². The highest BCUT2D eigenvalue weighted by atomic mass is 32.2. The Morgan fingerprint density at radius 2 is 1.92 bits per heavy atom. The van der Waals surface area contributed by atoms with Crippen molar-refractivity contribution in [3.05, 3.63) is 33.1 Å². The summed E-state index contributed by atoms with van der Waals surface area (Å²) < 4.78 is 17.0. The van der Waals surface area contributed by atoms with Gasteiger partial charge in [-0.1, -0.05) is 11.8 Å². The molecule has 142 valence electrons. The van der Waals surface area contributed by atoms with Gasteiger partial charge in [0.15, 0.2) is 11.3 Å². The molecule has 11 heteroatoms. The third-order valence-electron chi connectivity index (χ3n) is 3.47. The van der Waals surface area contributed by atoms with Gasteiger partial charge in [0.1, 0.15) is 18.8 Å². The maximum Gasteiger partial charge on any atom is 0.330 e. The van der Waals surface area contributed by atoms with Gasteiger partial charge in [-0.3, -0.25) is 28.7 Å². The molecule has 1 aliphatic heterocycles. The van der Waals surface area contributed by atoms with Gasteiger partial charge in [-0.25, -0.2) is 4.79 Å². The number of H-pyrrole nitrogens is 1. The molecule has 1 aliphatic rings. The second-order valence-electron chi connectivity index (χ2n) is 5.53. The standard InChI is InChI=1S/C15H18N2O8S/c1-7(18)23-6-10-12(24-8(2)19)13(26-9(3)20)14(25-10)17-5-4-11(21)16-15(17)22/h4-5,10,12-14H,6H2,1-3H3,(H,16,21,22)/t10-,12-,13-,14-/m1/s1. The minimum Gasteiger partial charge on any atom is -0.463 e. The molecule has 2 heterocycles. The van der Waals surface area contributed by atoms with E-state index in [2.05, 4.69) is 4.98 Å². The minimum atomic E-state index is -1.02. The van der Waals surface area contributed by atoms with Crippen LogP contribution in [-0.2, 0) is 28.6 Å². The maximum atomic E-state index is 12.1. The molecule has 1 aromatic rings. The molecule has 4 atom stereocenters. The first-order valence-electron chi connectivity index (χ1n) is 7.63. The van der Waals surface area contributed by atoms with Crippen LogP contribution in [0.15, 0.2) is 21.9 Å². The molecular weight excluding hydrogens is 368 g/mol. The van der Waals surface area contributed by atoms with E-state index in [1.165, 1.54) is 27.0 Å². The number of hydrogen-bond acceptors (Lipinski definition) is 9. The smallest absolute Gasteiger partial charge is 0.330 e. The summed E-state index contributed by atoms with van der Waals surface area (Å²) in [5, 5.41) is -1.06. The minimum absolute atomic E-state index is 0.225. The third kappa shape index (κ3) is 4.82. The lowest BCUT2D eigenvalue weighted by Gasteiger charge is -2.22. The normalized spacial score (nSPS) is 24.9. The fourth-order valence-corrected chi connectivity index (χ4v) is 3.60. The van der Waals surface area contributed by atoms with Gasteiger partial charge < -0.3 is 14.2 Å². The Bertz CT molecular complexity index is 816. The number of aromatic nitrogens is 2. The average molecular weight is 386 g/mol. The number of nitrogens with zero attached hydrogens (tertiary/aromatic N) is 1. The zero-order chi connectivity index (χ0) is 19.4. The topological polar surface area (TPSA) is 134 Å². The molecule has 26 heavy (non-hydrogen) atoms. The van der Waals surface area contributed by atoms with Crippen molar-refractivity contribution in [3.8, 4) is 0 Å². The molecule has 0 aliphatic carbocycles. The number of ether oxygens (including phenoxy) is 3. The number of carbonyl (C=O) groups is 3. The SMILES string of the molecule is CC(=O)OC[C@H]1O[C@@H](n2ccc(=O)[nH]c2=O)[C@H](SC(C)=O)[C@@H]1OC(C)=O. The summed E-state index contributed by atoms with van der Waals surface area (Å²) in [4.78, 5) is 59.7. The molecule has 10 nitrogen and oxygen atoms in total.